The van der Waals surface area contributed by atoms with Crippen molar-refractivity contribution in [2.75, 3.05) is 7.05 Å². The van der Waals surface area contributed by atoms with Gasteiger partial charge in [-0.05, 0) is 31.2 Å². The molecular formula is C14H19N3O2S2. The van der Waals surface area contributed by atoms with Crippen LogP contribution in [0.3, 0.4) is 0 Å². The SMILES string of the molecule is CCc1cnc(CNS(=O)(=O)c2ccc(CNC)cc2)s1. The molecule has 0 atom stereocenters. The fraction of sp³-hybridized carbons (Fsp3) is 0.357. The highest BCUT2D eigenvalue weighted by Crippen LogP contribution is 2.15. The lowest BCUT2D eigenvalue weighted by Gasteiger charge is -2.06. The van der Waals surface area contributed by atoms with Crippen LogP contribution in [0.2, 0.25) is 0 Å². The van der Waals surface area contributed by atoms with Gasteiger partial charge in [-0.25, -0.2) is 18.1 Å². The average molecular weight is 325 g/mol. The zero-order valence-electron chi connectivity index (χ0n) is 12.1. The maximum atomic E-state index is 12.2. The summed E-state index contributed by atoms with van der Waals surface area (Å²) in [6, 6.07) is 6.86. The summed E-state index contributed by atoms with van der Waals surface area (Å²) in [6.45, 7) is 2.99. The van der Waals surface area contributed by atoms with Crippen LogP contribution in [0.1, 0.15) is 22.4 Å². The highest BCUT2D eigenvalue weighted by molar-refractivity contribution is 7.89. The van der Waals surface area contributed by atoms with E-state index in [9.17, 15) is 8.42 Å². The summed E-state index contributed by atoms with van der Waals surface area (Å²) in [5.74, 6) is 0. The van der Waals surface area contributed by atoms with E-state index in [1.54, 1.807) is 18.3 Å². The number of hydrogen-bond donors (Lipinski definition) is 2. The number of nitrogens with zero attached hydrogens (tertiary/aromatic N) is 1. The first-order chi connectivity index (χ1) is 10.0. The summed E-state index contributed by atoms with van der Waals surface area (Å²) in [6.07, 6.45) is 2.71. The fourth-order valence-corrected chi connectivity index (χ4v) is 3.71. The third kappa shape index (κ3) is 4.34. The van der Waals surface area contributed by atoms with E-state index in [0.717, 1.165) is 21.9 Å². The largest absolute Gasteiger partial charge is 0.316 e. The number of aryl methyl sites for hydroxylation is 1. The van der Waals surface area contributed by atoms with Crippen molar-refractivity contribution in [3.8, 4) is 0 Å². The number of aromatic nitrogens is 1. The molecule has 2 N–H and O–H groups in total. The Kier molecular flexibility index (Phi) is 5.46. The number of thiazole rings is 1. The van der Waals surface area contributed by atoms with Gasteiger partial charge in [-0.15, -0.1) is 11.3 Å². The average Bonchev–Trinajstić information content (AvgIpc) is 2.94. The first-order valence-electron chi connectivity index (χ1n) is 6.72. The predicted molar refractivity (Wildman–Crippen MR) is 84.7 cm³/mol. The van der Waals surface area contributed by atoms with E-state index >= 15 is 0 Å². The number of sulfonamides is 1. The molecule has 0 aliphatic rings. The minimum Gasteiger partial charge on any atom is -0.316 e. The summed E-state index contributed by atoms with van der Waals surface area (Å²) in [5, 5.41) is 3.80. The van der Waals surface area contributed by atoms with Gasteiger partial charge in [0.05, 0.1) is 11.4 Å². The normalized spacial score (nSPS) is 11.7. The molecule has 2 rings (SSSR count). The number of nitrogens with one attached hydrogen (secondary N) is 2. The van der Waals surface area contributed by atoms with Gasteiger partial charge in [0.1, 0.15) is 5.01 Å². The smallest absolute Gasteiger partial charge is 0.240 e. The van der Waals surface area contributed by atoms with Crippen molar-refractivity contribution in [2.24, 2.45) is 0 Å². The van der Waals surface area contributed by atoms with Gasteiger partial charge in [0.15, 0.2) is 0 Å². The van der Waals surface area contributed by atoms with Gasteiger partial charge in [-0.1, -0.05) is 19.1 Å². The van der Waals surface area contributed by atoms with E-state index in [4.69, 9.17) is 0 Å². The Hall–Kier alpha value is -1.28. The Morgan fingerprint density at radius 2 is 1.90 bits per heavy atom. The molecule has 0 radical (unpaired) electrons. The molecule has 0 saturated heterocycles. The summed E-state index contributed by atoms with van der Waals surface area (Å²) in [4.78, 5) is 5.63. The van der Waals surface area contributed by atoms with Crippen LogP contribution in [0.15, 0.2) is 35.4 Å². The summed E-state index contributed by atoms with van der Waals surface area (Å²) in [7, 11) is -1.64. The molecule has 0 spiro atoms. The molecule has 7 heteroatoms. The van der Waals surface area contributed by atoms with E-state index in [1.165, 1.54) is 11.3 Å². The second-order valence-corrected chi connectivity index (χ2v) is 7.54. The van der Waals surface area contributed by atoms with Gasteiger partial charge in [0.25, 0.3) is 0 Å². The summed E-state index contributed by atoms with van der Waals surface area (Å²) >= 11 is 1.53. The molecule has 2 aromatic rings. The predicted octanol–water partition coefficient (Wildman–Crippen LogP) is 1.90. The van der Waals surface area contributed by atoms with Crippen LogP contribution in [-0.4, -0.2) is 20.4 Å². The third-order valence-corrected chi connectivity index (χ3v) is 5.54. The minimum atomic E-state index is -3.49. The molecule has 21 heavy (non-hydrogen) atoms. The van der Waals surface area contributed by atoms with Crippen molar-refractivity contribution in [1.82, 2.24) is 15.0 Å². The summed E-state index contributed by atoms with van der Waals surface area (Å²) in [5.41, 5.74) is 1.05. The van der Waals surface area contributed by atoms with Gasteiger partial charge >= 0.3 is 0 Å². The van der Waals surface area contributed by atoms with Crippen LogP contribution in [0.25, 0.3) is 0 Å². The first-order valence-corrected chi connectivity index (χ1v) is 9.02. The Morgan fingerprint density at radius 1 is 1.19 bits per heavy atom. The van der Waals surface area contributed by atoms with Gasteiger partial charge in [0.2, 0.25) is 10.0 Å². The standard InChI is InChI=1S/C14H19N3O2S2/c1-3-12-9-16-14(20-12)10-17-21(18,19)13-6-4-11(5-7-13)8-15-2/h4-7,9,15,17H,3,8,10H2,1-2H3. The highest BCUT2D eigenvalue weighted by atomic mass is 32.2. The minimum absolute atomic E-state index is 0.227. The molecule has 0 saturated carbocycles. The Morgan fingerprint density at radius 3 is 2.48 bits per heavy atom. The molecule has 0 unspecified atom stereocenters. The van der Waals surface area contributed by atoms with Crippen molar-refractivity contribution >= 4 is 21.4 Å². The summed E-state index contributed by atoms with van der Waals surface area (Å²) < 4.78 is 27.0. The lowest BCUT2D eigenvalue weighted by atomic mass is 10.2. The van der Waals surface area contributed by atoms with Gasteiger partial charge in [0, 0.05) is 17.6 Å². The van der Waals surface area contributed by atoms with Crippen LogP contribution < -0.4 is 10.0 Å². The van der Waals surface area contributed by atoms with Crippen molar-refractivity contribution in [3.63, 3.8) is 0 Å². The van der Waals surface area contributed by atoms with Crippen LogP contribution in [0.4, 0.5) is 0 Å². The first kappa shape index (κ1) is 16.1. The van der Waals surface area contributed by atoms with Crippen molar-refractivity contribution in [2.45, 2.75) is 31.3 Å². The van der Waals surface area contributed by atoms with E-state index < -0.39 is 10.0 Å². The Labute approximate surface area is 129 Å². The zero-order valence-corrected chi connectivity index (χ0v) is 13.7. The maximum Gasteiger partial charge on any atom is 0.240 e. The van der Waals surface area contributed by atoms with Crippen molar-refractivity contribution in [3.05, 3.63) is 45.9 Å². The molecule has 0 bridgehead atoms. The quantitative estimate of drug-likeness (QED) is 0.816. The number of hydrogen-bond acceptors (Lipinski definition) is 5. The molecule has 0 aliphatic carbocycles. The lowest BCUT2D eigenvalue weighted by Crippen LogP contribution is -2.23. The molecular weight excluding hydrogens is 306 g/mol. The Bertz CT molecular complexity index is 678. The topological polar surface area (TPSA) is 71.1 Å². The number of benzene rings is 1. The fourth-order valence-electron chi connectivity index (χ4n) is 1.82. The molecule has 0 fully saturated rings. The highest BCUT2D eigenvalue weighted by Gasteiger charge is 2.14. The second-order valence-electron chi connectivity index (χ2n) is 4.57. The van der Waals surface area contributed by atoms with Gasteiger partial charge < -0.3 is 5.32 Å². The van der Waals surface area contributed by atoms with Gasteiger partial charge in [-0.3, -0.25) is 0 Å². The Balaban J connectivity index is 2.03. The zero-order chi connectivity index (χ0) is 15.3. The van der Waals surface area contributed by atoms with E-state index in [0.29, 0.717) is 6.54 Å². The third-order valence-electron chi connectivity index (χ3n) is 2.98. The lowest BCUT2D eigenvalue weighted by molar-refractivity contribution is 0.581. The molecule has 1 aromatic heterocycles. The van der Waals surface area contributed by atoms with E-state index in [1.807, 2.05) is 26.1 Å². The molecule has 5 nitrogen and oxygen atoms in total. The van der Waals surface area contributed by atoms with Crippen LogP contribution in [0.5, 0.6) is 0 Å². The van der Waals surface area contributed by atoms with Crippen LogP contribution in [-0.2, 0) is 29.5 Å². The van der Waals surface area contributed by atoms with Gasteiger partial charge in [-0.2, -0.15) is 0 Å². The van der Waals surface area contributed by atoms with Crippen LogP contribution in [0, 0.1) is 0 Å². The molecule has 1 heterocycles. The maximum absolute atomic E-state index is 12.2. The monoisotopic (exact) mass is 325 g/mol. The van der Waals surface area contributed by atoms with Crippen molar-refractivity contribution < 1.29 is 8.42 Å². The molecule has 1 aromatic carbocycles. The second kappa shape index (κ2) is 7.13. The van der Waals surface area contributed by atoms with E-state index in [2.05, 4.69) is 15.0 Å². The number of rotatable bonds is 7. The molecule has 0 aliphatic heterocycles. The molecule has 0 amide bonds. The van der Waals surface area contributed by atoms with Crippen LogP contribution >= 0.6 is 11.3 Å². The van der Waals surface area contributed by atoms with E-state index in [-0.39, 0.29) is 11.4 Å². The molecule has 114 valence electrons. The van der Waals surface area contributed by atoms with Crippen molar-refractivity contribution in [1.29, 1.82) is 0 Å².